The molecule has 0 atom stereocenters. The molecule has 0 aliphatic rings. The lowest BCUT2D eigenvalue weighted by molar-refractivity contribution is 0.0737. The number of halogens is 2. The molecule has 19 heavy (non-hydrogen) atoms. The van der Waals surface area contributed by atoms with Crippen LogP contribution in [0.4, 0.5) is 0 Å². The zero-order valence-corrected chi connectivity index (χ0v) is 14.1. The molecule has 0 bridgehead atoms. The van der Waals surface area contributed by atoms with Gasteiger partial charge in [-0.05, 0) is 35.8 Å². The number of rotatable bonds is 6. The lowest BCUT2D eigenvalue weighted by atomic mass is 10.5. The summed E-state index contributed by atoms with van der Waals surface area (Å²) in [7, 11) is -2.18. The summed E-state index contributed by atoms with van der Waals surface area (Å²) in [5.41, 5.74) is 0. The minimum absolute atomic E-state index is 0.0180. The van der Waals surface area contributed by atoms with Crippen LogP contribution in [0, 0.1) is 0 Å². The van der Waals surface area contributed by atoms with Crippen LogP contribution in [0.15, 0.2) is 21.6 Å². The Hall–Kier alpha value is -0.210. The van der Waals surface area contributed by atoms with Crippen LogP contribution in [-0.4, -0.2) is 44.0 Å². The average Bonchev–Trinajstić information content (AvgIpc) is 2.31. The first-order valence-electron chi connectivity index (χ1n) is 5.64. The number of hydrogen-bond acceptors (Lipinski definition) is 4. The van der Waals surface area contributed by atoms with E-state index in [1.165, 1.54) is 23.6 Å². The van der Waals surface area contributed by atoms with Crippen LogP contribution in [-0.2, 0) is 14.8 Å². The van der Waals surface area contributed by atoms with E-state index >= 15 is 0 Å². The summed E-state index contributed by atoms with van der Waals surface area (Å²) < 4.78 is 31.7. The molecule has 0 amide bonds. The Kier molecular flexibility index (Phi) is 6.19. The second kappa shape index (κ2) is 6.99. The van der Waals surface area contributed by atoms with E-state index in [1.54, 1.807) is 0 Å². The third-order valence-electron chi connectivity index (χ3n) is 2.32. The summed E-state index contributed by atoms with van der Waals surface area (Å²) >= 11 is 9.02. The van der Waals surface area contributed by atoms with Gasteiger partial charge in [0.15, 0.2) is 0 Å². The van der Waals surface area contributed by atoms with E-state index in [1.807, 2.05) is 13.8 Å². The van der Waals surface area contributed by atoms with Gasteiger partial charge in [-0.1, -0.05) is 11.6 Å². The molecule has 8 heteroatoms. The maximum atomic E-state index is 12.3. The van der Waals surface area contributed by atoms with Gasteiger partial charge in [-0.25, -0.2) is 13.4 Å². The third kappa shape index (κ3) is 4.68. The van der Waals surface area contributed by atoms with Gasteiger partial charge in [-0.15, -0.1) is 0 Å². The first kappa shape index (κ1) is 16.8. The first-order chi connectivity index (χ1) is 8.75. The summed E-state index contributed by atoms with van der Waals surface area (Å²) in [5, 5.41) is -0.0418. The highest BCUT2D eigenvalue weighted by atomic mass is 79.9. The minimum atomic E-state index is -3.66. The molecule has 0 spiro atoms. The lowest BCUT2D eigenvalue weighted by Gasteiger charge is -2.18. The van der Waals surface area contributed by atoms with E-state index in [0.29, 0.717) is 11.1 Å². The molecule has 0 N–H and O–H groups in total. The topological polar surface area (TPSA) is 59.5 Å². The second-order valence-corrected chi connectivity index (χ2v) is 7.48. The van der Waals surface area contributed by atoms with E-state index in [0.717, 1.165) is 0 Å². The molecular weight excluding hydrogens is 356 g/mol. The van der Waals surface area contributed by atoms with Gasteiger partial charge in [0.1, 0.15) is 10.0 Å². The Labute approximate surface area is 127 Å². The van der Waals surface area contributed by atoms with Crippen LogP contribution in [0.25, 0.3) is 0 Å². The summed E-state index contributed by atoms with van der Waals surface area (Å²) in [6.07, 6.45) is 1.51. The molecular formula is C11H16BrClN2O3S. The second-order valence-electron chi connectivity index (χ2n) is 4.19. The van der Waals surface area contributed by atoms with Crippen molar-refractivity contribution in [3.8, 4) is 0 Å². The normalized spacial score (nSPS) is 12.4. The van der Waals surface area contributed by atoms with Gasteiger partial charge in [0.05, 0.1) is 12.7 Å². The molecule has 5 nitrogen and oxygen atoms in total. The van der Waals surface area contributed by atoms with E-state index < -0.39 is 10.0 Å². The predicted octanol–water partition coefficient (Wildman–Crippen LogP) is 2.54. The van der Waals surface area contributed by atoms with Gasteiger partial charge >= 0.3 is 0 Å². The van der Waals surface area contributed by atoms with Crippen molar-refractivity contribution >= 4 is 37.6 Å². The van der Waals surface area contributed by atoms with Crippen LogP contribution < -0.4 is 0 Å². The first-order valence-corrected chi connectivity index (χ1v) is 8.25. The molecule has 0 aliphatic heterocycles. The monoisotopic (exact) mass is 370 g/mol. The Morgan fingerprint density at radius 3 is 2.74 bits per heavy atom. The molecule has 1 aromatic heterocycles. The predicted molar refractivity (Wildman–Crippen MR) is 77.9 cm³/mol. The SMILES string of the molecule is CC(C)OCCN(C)S(=O)(=O)c1cc(Br)cnc1Cl. The van der Waals surface area contributed by atoms with E-state index in [4.69, 9.17) is 16.3 Å². The number of ether oxygens (including phenoxy) is 1. The molecule has 1 heterocycles. The van der Waals surface area contributed by atoms with Crippen molar-refractivity contribution in [1.82, 2.24) is 9.29 Å². The Morgan fingerprint density at radius 2 is 2.16 bits per heavy atom. The van der Waals surface area contributed by atoms with Crippen LogP contribution in [0.3, 0.4) is 0 Å². The number of hydrogen-bond donors (Lipinski definition) is 0. The number of likely N-dealkylation sites (N-methyl/N-ethyl adjacent to an activating group) is 1. The minimum Gasteiger partial charge on any atom is -0.377 e. The molecule has 0 radical (unpaired) electrons. The summed E-state index contributed by atoms with van der Waals surface area (Å²) in [6.45, 7) is 4.36. The molecule has 108 valence electrons. The maximum Gasteiger partial charge on any atom is 0.246 e. The zero-order valence-electron chi connectivity index (χ0n) is 10.9. The van der Waals surface area contributed by atoms with Gasteiger partial charge in [0.2, 0.25) is 10.0 Å². The van der Waals surface area contributed by atoms with E-state index in [-0.39, 0.29) is 22.7 Å². The molecule has 0 aromatic carbocycles. The van der Waals surface area contributed by atoms with Gasteiger partial charge in [0.25, 0.3) is 0 Å². The summed E-state index contributed by atoms with van der Waals surface area (Å²) in [6, 6.07) is 1.43. The van der Waals surface area contributed by atoms with Crippen molar-refractivity contribution in [2.45, 2.75) is 24.8 Å². The molecule has 0 saturated carbocycles. The van der Waals surface area contributed by atoms with Crippen molar-refractivity contribution in [2.75, 3.05) is 20.2 Å². The molecule has 0 fully saturated rings. The fourth-order valence-electron chi connectivity index (χ4n) is 1.29. The van der Waals surface area contributed by atoms with Gasteiger partial charge < -0.3 is 4.74 Å². The van der Waals surface area contributed by atoms with Crippen molar-refractivity contribution in [3.05, 3.63) is 21.9 Å². The largest absolute Gasteiger partial charge is 0.377 e. The van der Waals surface area contributed by atoms with Gasteiger partial charge in [0, 0.05) is 24.3 Å². The number of sulfonamides is 1. The molecule has 1 aromatic rings. The smallest absolute Gasteiger partial charge is 0.246 e. The number of pyridine rings is 1. The highest BCUT2D eigenvalue weighted by Gasteiger charge is 2.24. The average molecular weight is 372 g/mol. The quantitative estimate of drug-likeness (QED) is 0.721. The van der Waals surface area contributed by atoms with Crippen molar-refractivity contribution in [3.63, 3.8) is 0 Å². The Bertz CT molecular complexity index is 537. The van der Waals surface area contributed by atoms with Gasteiger partial charge in [-0.3, -0.25) is 0 Å². The third-order valence-corrected chi connectivity index (χ3v) is 5.04. The number of nitrogens with zero attached hydrogens (tertiary/aromatic N) is 2. The maximum absolute atomic E-state index is 12.3. The van der Waals surface area contributed by atoms with Crippen molar-refractivity contribution < 1.29 is 13.2 Å². The highest BCUT2D eigenvalue weighted by molar-refractivity contribution is 9.10. The highest BCUT2D eigenvalue weighted by Crippen LogP contribution is 2.25. The van der Waals surface area contributed by atoms with Crippen LogP contribution in [0.1, 0.15) is 13.8 Å². The lowest BCUT2D eigenvalue weighted by Crippen LogP contribution is -2.31. The fourth-order valence-corrected chi connectivity index (χ4v) is 3.36. The van der Waals surface area contributed by atoms with Crippen LogP contribution in [0.5, 0.6) is 0 Å². The van der Waals surface area contributed by atoms with Crippen LogP contribution in [0.2, 0.25) is 5.15 Å². The van der Waals surface area contributed by atoms with Crippen molar-refractivity contribution in [2.24, 2.45) is 0 Å². The van der Waals surface area contributed by atoms with Crippen LogP contribution >= 0.6 is 27.5 Å². The molecule has 0 saturated heterocycles. The van der Waals surface area contributed by atoms with E-state index in [9.17, 15) is 8.42 Å². The fraction of sp³-hybridized carbons (Fsp3) is 0.545. The Morgan fingerprint density at radius 1 is 1.53 bits per heavy atom. The van der Waals surface area contributed by atoms with E-state index in [2.05, 4.69) is 20.9 Å². The van der Waals surface area contributed by atoms with Gasteiger partial charge in [-0.2, -0.15) is 4.31 Å². The van der Waals surface area contributed by atoms with Crippen molar-refractivity contribution in [1.29, 1.82) is 0 Å². The summed E-state index contributed by atoms with van der Waals surface area (Å²) in [4.78, 5) is 3.80. The molecule has 1 rings (SSSR count). The molecule has 0 unspecified atom stereocenters. The Balaban J connectivity index is 2.88. The molecule has 0 aliphatic carbocycles. The summed E-state index contributed by atoms with van der Waals surface area (Å²) in [5.74, 6) is 0. The zero-order chi connectivity index (χ0) is 14.6. The number of aromatic nitrogens is 1. The standard InChI is InChI=1S/C11H16BrClN2O3S/c1-8(2)18-5-4-15(3)19(16,17)10-6-9(12)7-14-11(10)13/h6-8H,4-5H2,1-3H3.